The summed E-state index contributed by atoms with van der Waals surface area (Å²) in [5, 5.41) is 4.04. The summed E-state index contributed by atoms with van der Waals surface area (Å²) in [4.78, 5) is 54.5. The molecule has 0 bridgehead atoms. The number of nitrogens with zero attached hydrogens (tertiary/aromatic N) is 1. The van der Waals surface area contributed by atoms with Gasteiger partial charge in [0.25, 0.3) is 0 Å². The van der Waals surface area contributed by atoms with Crippen molar-refractivity contribution in [1.29, 1.82) is 0 Å². The molecule has 46 heavy (non-hydrogen) atoms. The smallest absolute Gasteiger partial charge is 0.430 e. The predicted octanol–water partition coefficient (Wildman–Crippen LogP) is 5.31. The summed E-state index contributed by atoms with van der Waals surface area (Å²) in [6, 6.07) is 21.4. The first kappa shape index (κ1) is 34.0. The normalized spacial score (nSPS) is 14.5. The van der Waals surface area contributed by atoms with Crippen LogP contribution < -0.4 is 10.7 Å². The van der Waals surface area contributed by atoms with E-state index in [1.54, 1.807) is 41.5 Å². The van der Waals surface area contributed by atoms with Gasteiger partial charge in [-0.25, -0.2) is 19.8 Å². The van der Waals surface area contributed by atoms with E-state index in [-0.39, 0.29) is 0 Å². The van der Waals surface area contributed by atoms with Crippen LogP contribution in [0.25, 0.3) is 11.1 Å². The second-order valence-electron chi connectivity index (χ2n) is 12.8. The molecule has 0 unspecified atom stereocenters. The van der Waals surface area contributed by atoms with E-state index in [0.717, 1.165) is 42.0 Å². The van der Waals surface area contributed by atoms with Gasteiger partial charge in [0.1, 0.15) is 17.2 Å². The standard InChI is InChI=1S/C35H41N3O8/c1-33(2,3)45-31(41)37-38(32(42)46-34(4,5)6)28(30(40)44-8)27(29(39)43-7)36-35(22-16-10-9-11-17-22)25-20-14-12-18-23(25)24-19-13-15-21-26(24)35/h9-21,27-28,36H,1-8H3,(H,37,41)/t27-,28+/m0/s1. The van der Waals surface area contributed by atoms with Crippen LogP contribution in [0.3, 0.4) is 0 Å². The Labute approximate surface area is 269 Å². The lowest BCUT2D eigenvalue weighted by Crippen LogP contribution is -2.67. The molecule has 0 spiro atoms. The number of hydrogen-bond acceptors (Lipinski definition) is 9. The number of carbonyl (C=O) groups excluding carboxylic acids is 4. The molecule has 1 aliphatic rings. The summed E-state index contributed by atoms with van der Waals surface area (Å²) < 4.78 is 21.4. The Bertz CT molecular complexity index is 1550. The number of nitrogens with one attached hydrogen (secondary N) is 2. The monoisotopic (exact) mass is 631 g/mol. The van der Waals surface area contributed by atoms with Crippen LogP contribution in [-0.4, -0.2) is 66.6 Å². The molecule has 3 aromatic rings. The minimum absolute atomic E-state index is 0.616. The molecule has 2 atom stereocenters. The number of amides is 2. The van der Waals surface area contributed by atoms with Crippen molar-refractivity contribution in [3.63, 3.8) is 0 Å². The minimum Gasteiger partial charge on any atom is -0.468 e. The molecule has 0 fully saturated rings. The van der Waals surface area contributed by atoms with Gasteiger partial charge in [-0.05, 0) is 69.4 Å². The van der Waals surface area contributed by atoms with Crippen LogP contribution in [-0.2, 0) is 34.1 Å². The second kappa shape index (κ2) is 13.2. The highest BCUT2D eigenvalue weighted by atomic mass is 16.6. The molecule has 0 saturated carbocycles. The van der Waals surface area contributed by atoms with Crippen LogP contribution in [0.4, 0.5) is 9.59 Å². The van der Waals surface area contributed by atoms with Crippen LogP contribution in [0.15, 0.2) is 78.9 Å². The Hall–Kier alpha value is -4.90. The van der Waals surface area contributed by atoms with Gasteiger partial charge >= 0.3 is 24.1 Å². The van der Waals surface area contributed by atoms with Crippen molar-refractivity contribution in [2.75, 3.05) is 14.2 Å². The SMILES string of the molecule is COC(=O)[C@@H](NC1(c2ccccc2)c2ccccc2-c2ccccc21)[C@H](C(=O)OC)N(NC(=O)OC(C)(C)C)C(=O)OC(C)(C)C. The highest BCUT2D eigenvalue weighted by molar-refractivity contribution is 5.92. The summed E-state index contributed by atoms with van der Waals surface area (Å²) >= 11 is 0. The average molecular weight is 632 g/mol. The van der Waals surface area contributed by atoms with Crippen molar-refractivity contribution in [2.24, 2.45) is 0 Å². The van der Waals surface area contributed by atoms with Gasteiger partial charge in [-0.2, -0.15) is 5.01 Å². The summed E-state index contributed by atoms with van der Waals surface area (Å²) in [7, 11) is 2.27. The number of fused-ring (bicyclic) bond motifs is 3. The van der Waals surface area contributed by atoms with Crippen molar-refractivity contribution in [3.05, 3.63) is 95.6 Å². The number of hydrazine groups is 1. The lowest BCUT2D eigenvalue weighted by molar-refractivity contribution is -0.157. The first-order valence-corrected chi connectivity index (χ1v) is 14.8. The van der Waals surface area contributed by atoms with Crippen molar-refractivity contribution in [1.82, 2.24) is 15.8 Å². The minimum atomic E-state index is -1.83. The Kier molecular flexibility index (Phi) is 9.77. The van der Waals surface area contributed by atoms with Gasteiger partial charge in [0.05, 0.1) is 19.8 Å². The summed E-state index contributed by atoms with van der Waals surface area (Å²) in [6.45, 7) is 9.78. The number of carbonyl (C=O) groups is 4. The molecule has 11 heteroatoms. The molecule has 11 nitrogen and oxygen atoms in total. The fourth-order valence-corrected chi connectivity index (χ4v) is 5.55. The number of rotatable bonds is 7. The maximum absolute atomic E-state index is 13.9. The van der Waals surface area contributed by atoms with Crippen molar-refractivity contribution < 1.29 is 38.1 Å². The van der Waals surface area contributed by atoms with Crippen LogP contribution >= 0.6 is 0 Å². The van der Waals surface area contributed by atoms with Crippen molar-refractivity contribution >= 4 is 24.1 Å². The van der Waals surface area contributed by atoms with E-state index in [4.69, 9.17) is 18.9 Å². The molecule has 1 aliphatic carbocycles. The second-order valence-corrected chi connectivity index (χ2v) is 12.8. The third-order valence-corrected chi connectivity index (χ3v) is 7.22. The fraction of sp³-hybridized carbons (Fsp3) is 0.371. The maximum atomic E-state index is 13.9. The van der Waals surface area contributed by atoms with E-state index in [9.17, 15) is 19.2 Å². The molecule has 4 rings (SSSR count). The highest BCUT2D eigenvalue weighted by Gasteiger charge is 2.52. The highest BCUT2D eigenvalue weighted by Crippen LogP contribution is 2.51. The fourth-order valence-electron chi connectivity index (χ4n) is 5.55. The Balaban J connectivity index is 1.97. The quantitative estimate of drug-likeness (QED) is 0.202. The van der Waals surface area contributed by atoms with Gasteiger partial charge in [0, 0.05) is 0 Å². The molecular formula is C35H41N3O8. The van der Waals surface area contributed by atoms with Gasteiger partial charge in [-0.15, -0.1) is 0 Å². The van der Waals surface area contributed by atoms with Crippen molar-refractivity contribution in [2.45, 2.75) is 70.4 Å². The van der Waals surface area contributed by atoms with Gasteiger partial charge in [-0.1, -0.05) is 78.9 Å². The first-order chi connectivity index (χ1) is 21.6. The first-order valence-electron chi connectivity index (χ1n) is 14.8. The third kappa shape index (κ3) is 6.99. The molecule has 0 aromatic heterocycles. The zero-order valence-corrected chi connectivity index (χ0v) is 27.4. The van der Waals surface area contributed by atoms with Gasteiger partial charge in [0.15, 0.2) is 6.04 Å². The molecule has 0 heterocycles. The van der Waals surface area contributed by atoms with Crippen LogP contribution in [0, 0.1) is 0 Å². The molecule has 0 aliphatic heterocycles. The summed E-state index contributed by atoms with van der Waals surface area (Å²) in [6.07, 6.45) is -2.20. The number of ether oxygens (including phenoxy) is 4. The van der Waals surface area contributed by atoms with Crippen LogP contribution in [0.5, 0.6) is 0 Å². The molecule has 0 saturated heterocycles. The molecule has 244 valence electrons. The van der Waals surface area contributed by atoms with E-state index in [2.05, 4.69) is 10.7 Å². The van der Waals surface area contributed by atoms with Gasteiger partial charge in [0.2, 0.25) is 0 Å². The number of methoxy groups -OCH3 is 2. The Morgan fingerprint density at radius 1 is 0.674 bits per heavy atom. The van der Waals surface area contributed by atoms with Crippen LogP contribution in [0.2, 0.25) is 0 Å². The zero-order valence-electron chi connectivity index (χ0n) is 27.4. The molecule has 3 aromatic carbocycles. The third-order valence-electron chi connectivity index (χ3n) is 7.22. The number of esters is 2. The summed E-state index contributed by atoms with van der Waals surface area (Å²) in [5.74, 6) is -1.94. The molecular weight excluding hydrogens is 590 g/mol. The average Bonchev–Trinajstić information content (AvgIpc) is 3.28. The van der Waals surface area contributed by atoms with Gasteiger partial charge < -0.3 is 18.9 Å². The van der Waals surface area contributed by atoms with E-state index in [1.165, 1.54) is 0 Å². The topological polar surface area (TPSA) is 132 Å². The van der Waals surface area contributed by atoms with E-state index >= 15 is 0 Å². The van der Waals surface area contributed by atoms with E-state index in [0.29, 0.717) is 5.01 Å². The Morgan fingerprint density at radius 2 is 1.15 bits per heavy atom. The molecule has 2 N–H and O–H groups in total. The number of hydrogen-bond donors (Lipinski definition) is 2. The molecule has 2 amide bonds. The zero-order chi connectivity index (χ0) is 33.9. The maximum Gasteiger partial charge on any atom is 0.430 e. The predicted molar refractivity (Wildman–Crippen MR) is 170 cm³/mol. The summed E-state index contributed by atoms with van der Waals surface area (Å²) in [5.41, 5.74) is 3.24. The Morgan fingerprint density at radius 3 is 1.63 bits per heavy atom. The lowest BCUT2D eigenvalue weighted by atomic mass is 9.79. The van der Waals surface area contributed by atoms with E-state index in [1.807, 2.05) is 78.9 Å². The largest absolute Gasteiger partial charge is 0.468 e. The van der Waals surface area contributed by atoms with Crippen molar-refractivity contribution in [3.8, 4) is 11.1 Å². The number of benzene rings is 3. The van der Waals surface area contributed by atoms with Crippen LogP contribution in [0.1, 0.15) is 58.2 Å². The molecule has 0 radical (unpaired) electrons. The lowest BCUT2D eigenvalue weighted by Gasteiger charge is -2.41. The van der Waals surface area contributed by atoms with E-state index < -0.39 is 52.9 Å². The van der Waals surface area contributed by atoms with Gasteiger partial charge in [-0.3, -0.25) is 10.1 Å².